The molecule has 2 aromatic rings. The van der Waals surface area contributed by atoms with E-state index in [0.717, 1.165) is 5.56 Å². The SMILES string of the molecule is CCC(C(=O)O)c1ccc2c(c1)Cc1ccccc1S2(=O)=O. The number of hydrogen-bond acceptors (Lipinski definition) is 3. The van der Waals surface area contributed by atoms with Gasteiger partial charge in [-0.1, -0.05) is 37.3 Å². The van der Waals surface area contributed by atoms with Crippen LogP contribution in [0.25, 0.3) is 0 Å². The fourth-order valence-corrected chi connectivity index (χ4v) is 4.71. The molecule has 1 heterocycles. The van der Waals surface area contributed by atoms with E-state index in [9.17, 15) is 18.3 Å². The smallest absolute Gasteiger partial charge is 0.310 e. The van der Waals surface area contributed by atoms with Crippen LogP contribution in [0.5, 0.6) is 0 Å². The van der Waals surface area contributed by atoms with E-state index >= 15 is 0 Å². The topological polar surface area (TPSA) is 71.4 Å². The van der Waals surface area contributed by atoms with Crippen LogP contribution in [0.3, 0.4) is 0 Å². The van der Waals surface area contributed by atoms with Crippen LogP contribution in [-0.2, 0) is 21.1 Å². The molecule has 0 radical (unpaired) electrons. The van der Waals surface area contributed by atoms with Crippen molar-refractivity contribution < 1.29 is 18.3 Å². The first kappa shape index (κ1) is 14.8. The number of carbonyl (C=O) groups is 1. The van der Waals surface area contributed by atoms with Crippen LogP contribution < -0.4 is 0 Å². The van der Waals surface area contributed by atoms with Gasteiger partial charge in [0, 0.05) is 6.42 Å². The molecule has 0 aromatic heterocycles. The van der Waals surface area contributed by atoms with Gasteiger partial charge >= 0.3 is 5.97 Å². The minimum absolute atomic E-state index is 0.287. The Hall–Kier alpha value is -2.14. The lowest BCUT2D eigenvalue weighted by Gasteiger charge is -2.21. The molecule has 0 amide bonds. The molecule has 4 nitrogen and oxygen atoms in total. The number of hydrogen-bond donors (Lipinski definition) is 1. The summed E-state index contributed by atoms with van der Waals surface area (Å²) >= 11 is 0. The molecule has 3 rings (SSSR count). The Kier molecular flexibility index (Phi) is 3.53. The highest BCUT2D eigenvalue weighted by Crippen LogP contribution is 2.36. The minimum Gasteiger partial charge on any atom is -0.481 e. The zero-order valence-electron chi connectivity index (χ0n) is 12.1. The fourth-order valence-electron chi connectivity index (χ4n) is 3.01. The molecule has 0 spiro atoms. The van der Waals surface area contributed by atoms with Crippen molar-refractivity contribution in [3.05, 3.63) is 59.2 Å². The van der Waals surface area contributed by atoms with E-state index in [1.54, 1.807) is 36.4 Å². The normalized spacial score (nSPS) is 16.4. The van der Waals surface area contributed by atoms with Gasteiger partial charge in [-0.3, -0.25) is 4.79 Å². The Labute approximate surface area is 129 Å². The zero-order valence-corrected chi connectivity index (χ0v) is 12.9. The summed E-state index contributed by atoms with van der Waals surface area (Å²) in [5, 5.41) is 9.27. The van der Waals surface area contributed by atoms with Gasteiger partial charge in [-0.2, -0.15) is 0 Å². The molecule has 1 atom stereocenters. The van der Waals surface area contributed by atoms with Gasteiger partial charge in [0.25, 0.3) is 0 Å². The van der Waals surface area contributed by atoms with Gasteiger partial charge in [0.1, 0.15) is 0 Å². The van der Waals surface area contributed by atoms with E-state index in [4.69, 9.17) is 0 Å². The van der Waals surface area contributed by atoms with Crippen LogP contribution >= 0.6 is 0 Å². The van der Waals surface area contributed by atoms with Crippen molar-refractivity contribution in [1.82, 2.24) is 0 Å². The van der Waals surface area contributed by atoms with E-state index in [2.05, 4.69) is 0 Å². The lowest BCUT2D eigenvalue weighted by atomic mass is 9.93. The largest absolute Gasteiger partial charge is 0.481 e. The summed E-state index contributed by atoms with van der Waals surface area (Å²) < 4.78 is 25.3. The van der Waals surface area contributed by atoms with Crippen LogP contribution in [-0.4, -0.2) is 19.5 Å². The lowest BCUT2D eigenvalue weighted by molar-refractivity contribution is -0.138. The third-order valence-corrected chi connectivity index (χ3v) is 6.08. The van der Waals surface area contributed by atoms with Crippen molar-refractivity contribution in [2.75, 3.05) is 0 Å². The van der Waals surface area contributed by atoms with Gasteiger partial charge in [0.2, 0.25) is 9.84 Å². The number of aliphatic carboxylic acids is 1. The maximum atomic E-state index is 12.7. The first-order valence-electron chi connectivity index (χ1n) is 7.13. The summed E-state index contributed by atoms with van der Waals surface area (Å²) in [4.78, 5) is 11.9. The molecule has 1 aliphatic rings. The van der Waals surface area contributed by atoms with Crippen molar-refractivity contribution in [3.63, 3.8) is 0 Å². The molecule has 1 aliphatic heterocycles. The molecular formula is C17H16O4S. The third-order valence-electron chi connectivity index (χ3n) is 4.13. The average molecular weight is 316 g/mol. The van der Waals surface area contributed by atoms with Gasteiger partial charge in [0.05, 0.1) is 15.7 Å². The summed E-state index contributed by atoms with van der Waals surface area (Å²) in [6.45, 7) is 1.81. The van der Waals surface area contributed by atoms with Gasteiger partial charge < -0.3 is 5.11 Å². The summed E-state index contributed by atoms with van der Waals surface area (Å²) in [6, 6.07) is 11.8. The Morgan fingerprint density at radius 1 is 1.14 bits per heavy atom. The molecule has 0 saturated carbocycles. The molecule has 1 N–H and O–H groups in total. The van der Waals surface area contributed by atoms with Crippen molar-refractivity contribution in [2.45, 2.75) is 35.5 Å². The average Bonchev–Trinajstić information content (AvgIpc) is 2.47. The quantitative estimate of drug-likeness (QED) is 0.806. The monoisotopic (exact) mass is 316 g/mol. The highest BCUT2D eigenvalue weighted by atomic mass is 32.2. The Morgan fingerprint density at radius 2 is 1.82 bits per heavy atom. The maximum Gasteiger partial charge on any atom is 0.310 e. The standard InChI is InChI=1S/C17H16O4S/c1-2-14(17(18)19)11-7-8-16-13(9-11)10-12-5-3-4-6-15(12)22(16,20)21/h3-9,14H,2,10H2,1H3,(H,18,19). The van der Waals surface area contributed by atoms with Gasteiger partial charge in [-0.15, -0.1) is 0 Å². The van der Waals surface area contributed by atoms with E-state index in [1.807, 2.05) is 13.0 Å². The van der Waals surface area contributed by atoms with E-state index in [0.29, 0.717) is 28.9 Å². The fraction of sp³-hybridized carbons (Fsp3) is 0.235. The molecule has 0 bridgehead atoms. The Morgan fingerprint density at radius 3 is 2.50 bits per heavy atom. The molecule has 5 heteroatoms. The highest BCUT2D eigenvalue weighted by molar-refractivity contribution is 7.91. The second kappa shape index (κ2) is 5.25. The van der Waals surface area contributed by atoms with Crippen LogP contribution in [0.1, 0.15) is 36.0 Å². The van der Waals surface area contributed by atoms with Gasteiger partial charge in [-0.25, -0.2) is 8.42 Å². The molecule has 22 heavy (non-hydrogen) atoms. The number of carboxylic acids is 1. The number of sulfone groups is 1. The highest BCUT2D eigenvalue weighted by Gasteiger charge is 2.30. The van der Waals surface area contributed by atoms with Gasteiger partial charge in [-0.05, 0) is 35.2 Å². The molecule has 0 fully saturated rings. The maximum absolute atomic E-state index is 12.7. The molecule has 2 aromatic carbocycles. The summed E-state index contributed by atoms with van der Waals surface area (Å²) in [5.74, 6) is -1.49. The Bertz CT molecular complexity index is 853. The summed E-state index contributed by atoms with van der Waals surface area (Å²) in [7, 11) is -3.52. The third kappa shape index (κ3) is 2.22. The van der Waals surface area contributed by atoms with Gasteiger partial charge in [0.15, 0.2) is 0 Å². The zero-order chi connectivity index (χ0) is 15.9. The molecule has 0 saturated heterocycles. The Balaban J connectivity index is 2.15. The first-order valence-corrected chi connectivity index (χ1v) is 8.62. The molecular weight excluding hydrogens is 300 g/mol. The van der Waals surface area contributed by atoms with Crippen molar-refractivity contribution in [3.8, 4) is 0 Å². The second-order valence-electron chi connectivity index (χ2n) is 5.45. The van der Waals surface area contributed by atoms with Crippen molar-refractivity contribution in [1.29, 1.82) is 0 Å². The van der Waals surface area contributed by atoms with Crippen LogP contribution in [0.2, 0.25) is 0 Å². The number of fused-ring (bicyclic) bond motifs is 2. The van der Waals surface area contributed by atoms with Crippen molar-refractivity contribution >= 4 is 15.8 Å². The number of carboxylic acid groups (broad SMARTS) is 1. The number of benzene rings is 2. The predicted octanol–water partition coefficient (Wildman–Crippen LogP) is 3.00. The predicted molar refractivity (Wildman–Crippen MR) is 81.8 cm³/mol. The molecule has 0 aliphatic carbocycles. The first-order chi connectivity index (χ1) is 10.4. The minimum atomic E-state index is -3.52. The number of rotatable bonds is 3. The van der Waals surface area contributed by atoms with Crippen LogP contribution in [0, 0.1) is 0 Å². The van der Waals surface area contributed by atoms with E-state index in [1.165, 1.54) is 0 Å². The van der Waals surface area contributed by atoms with E-state index in [-0.39, 0.29) is 4.90 Å². The second-order valence-corrected chi connectivity index (χ2v) is 7.34. The molecule has 114 valence electrons. The van der Waals surface area contributed by atoms with Crippen LogP contribution in [0.15, 0.2) is 52.3 Å². The van der Waals surface area contributed by atoms with Crippen LogP contribution in [0.4, 0.5) is 0 Å². The van der Waals surface area contributed by atoms with E-state index < -0.39 is 21.7 Å². The summed E-state index contributed by atoms with van der Waals surface area (Å²) in [5.41, 5.74) is 2.09. The van der Waals surface area contributed by atoms with Crippen molar-refractivity contribution in [2.24, 2.45) is 0 Å². The molecule has 1 unspecified atom stereocenters. The lowest BCUT2D eigenvalue weighted by Crippen LogP contribution is -2.16. The summed E-state index contributed by atoms with van der Waals surface area (Å²) in [6.07, 6.45) is 0.978.